The van der Waals surface area contributed by atoms with Gasteiger partial charge in [0.1, 0.15) is 0 Å². The second kappa shape index (κ2) is 6.22. The molecule has 2 rings (SSSR count). The lowest BCUT2D eigenvalue weighted by Gasteiger charge is -2.28. The van der Waals surface area contributed by atoms with Crippen molar-refractivity contribution in [3.63, 3.8) is 0 Å². The number of nitrogens with one attached hydrogen (secondary N) is 2. The van der Waals surface area contributed by atoms with Gasteiger partial charge in [-0.3, -0.25) is 4.79 Å². The Hall–Kier alpha value is -1.95. The van der Waals surface area contributed by atoms with Crippen molar-refractivity contribution in [3.05, 3.63) is 29.8 Å². The lowest BCUT2D eigenvalue weighted by atomic mass is 9.97. The van der Waals surface area contributed by atoms with Gasteiger partial charge in [0, 0.05) is 19.1 Å². The summed E-state index contributed by atoms with van der Waals surface area (Å²) in [6, 6.07) is 7.00. The van der Waals surface area contributed by atoms with E-state index in [-0.39, 0.29) is 11.3 Å². The van der Waals surface area contributed by atoms with Gasteiger partial charge >= 0.3 is 5.97 Å². The molecule has 0 spiro atoms. The van der Waals surface area contributed by atoms with Gasteiger partial charge in [-0.05, 0) is 30.7 Å². The van der Waals surface area contributed by atoms with Gasteiger partial charge in [-0.1, -0.05) is 0 Å². The van der Waals surface area contributed by atoms with Crippen molar-refractivity contribution in [1.29, 1.82) is 5.26 Å². The van der Waals surface area contributed by atoms with Gasteiger partial charge in [0.15, 0.2) is 0 Å². The molecule has 1 aromatic carbocycles. The second-order valence-electron chi connectivity index (χ2n) is 4.88. The summed E-state index contributed by atoms with van der Waals surface area (Å²) in [6.45, 7) is 0.726. The fourth-order valence-corrected chi connectivity index (χ4v) is 3.46. The van der Waals surface area contributed by atoms with Gasteiger partial charge in [0.2, 0.25) is 10.0 Å². The number of benzene rings is 1. The van der Waals surface area contributed by atoms with Crippen LogP contribution in [0.5, 0.6) is 0 Å². The average Bonchev–Trinajstić information content (AvgIpc) is 2.47. The minimum Gasteiger partial charge on any atom is -0.481 e. The van der Waals surface area contributed by atoms with Crippen LogP contribution in [0.4, 0.5) is 0 Å². The van der Waals surface area contributed by atoms with E-state index in [1.165, 1.54) is 24.3 Å². The molecule has 8 heteroatoms. The van der Waals surface area contributed by atoms with E-state index in [1.807, 2.05) is 6.07 Å². The molecule has 2 unspecified atom stereocenters. The third kappa shape index (κ3) is 3.78. The minimum atomic E-state index is -3.73. The monoisotopic (exact) mass is 309 g/mol. The van der Waals surface area contributed by atoms with Crippen molar-refractivity contribution in [1.82, 2.24) is 10.0 Å². The van der Waals surface area contributed by atoms with Crippen molar-refractivity contribution in [2.24, 2.45) is 5.92 Å². The number of nitriles is 1. The summed E-state index contributed by atoms with van der Waals surface area (Å²) in [7, 11) is -3.73. The van der Waals surface area contributed by atoms with E-state index in [9.17, 15) is 13.2 Å². The summed E-state index contributed by atoms with van der Waals surface area (Å²) in [4.78, 5) is 11.0. The maximum absolute atomic E-state index is 12.2. The topological polar surface area (TPSA) is 119 Å². The highest BCUT2D eigenvalue weighted by Crippen LogP contribution is 2.15. The summed E-state index contributed by atoms with van der Waals surface area (Å²) in [6.07, 6.45) is 0.248. The highest BCUT2D eigenvalue weighted by Gasteiger charge is 2.29. The maximum Gasteiger partial charge on any atom is 0.307 e. The molecule has 1 aliphatic rings. The number of carboxylic acid groups (broad SMARTS) is 1. The molecule has 0 bridgehead atoms. The molecule has 2 atom stereocenters. The molecule has 0 saturated carbocycles. The highest BCUT2D eigenvalue weighted by molar-refractivity contribution is 7.89. The molecule has 1 fully saturated rings. The summed E-state index contributed by atoms with van der Waals surface area (Å²) in [5, 5.41) is 20.6. The van der Waals surface area contributed by atoms with Crippen LogP contribution >= 0.6 is 0 Å². The predicted molar refractivity (Wildman–Crippen MR) is 73.9 cm³/mol. The number of nitrogens with zero attached hydrogens (tertiary/aromatic N) is 1. The zero-order chi connectivity index (χ0) is 15.5. The Morgan fingerprint density at radius 1 is 1.33 bits per heavy atom. The van der Waals surface area contributed by atoms with E-state index in [4.69, 9.17) is 10.4 Å². The van der Waals surface area contributed by atoms with Gasteiger partial charge in [-0.15, -0.1) is 0 Å². The van der Waals surface area contributed by atoms with Crippen molar-refractivity contribution < 1.29 is 18.3 Å². The van der Waals surface area contributed by atoms with Gasteiger partial charge in [0.05, 0.1) is 22.4 Å². The highest BCUT2D eigenvalue weighted by atomic mass is 32.2. The maximum atomic E-state index is 12.2. The molecule has 0 radical (unpaired) electrons. The molecule has 112 valence electrons. The zero-order valence-electron chi connectivity index (χ0n) is 11.1. The molecule has 1 aliphatic heterocycles. The molecule has 0 amide bonds. The zero-order valence-corrected chi connectivity index (χ0v) is 11.9. The summed E-state index contributed by atoms with van der Waals surface area (Å²) in [5.41, 5.74) is 0.374. The molecular formula is C13H15N3O4S. The predicted octanol–water partition coefficient (Wildman–Crippen LogP) is -0.101. The lowest BCUT2D eigenvalue weighted by Crippen LogP contribution is -2.50. The molecule has 3 N–H and O–H groups in total. The Kier molecular flexibility index (Phi) is 4.57. The largest absolute Gasteiger partial charge is 0.481 e. The molecule has 21 heavy (non-hydrogen) atoms. The number of carboxylic acids is 1. The van der Waals surface area contributed by atoms with Crippen molar-refractivity contribution in [2.75, 3.05) is 13.1 Å². The van der Waals surface area contributed by atoms with Gasteiger partial charge in [0.25, 0.3) is 0 Å². The van der Waals surface area contributed by atoms with Gasteiger partial charge < -0.3 is 10.4 Å². The lowest BCUT2D eigenvalue weighted by molar-refractivity contribution is -0.142. The number of rotatable bonds is 4. The normalized spacial score (nSPS) is 22.4. The van der Waals surface area contributed by atoms with Crippen LogP contribution in [0.1, 0.15) is 12.0 Å². The van der Waals surface area contributed by atoms with Crippen LogP contribution in [0.15, 0.2) is 29.2 Å². The standard InChI is InChI=1S/C13H15N3O4S/c14-6-9-1-3-12(4-2-9)21(19,20)16-11-5-10(13(17)18)7-15-8-11/h1-4,10-11,15-16H,5,7-8H2,(H,17,18). The molecule has 1 aromatic rings. The van der Waals surface area contributed by atoms with Crippen molar-refractivity contribution in [2.45, 2.75) is 17.4 Å². The first-order valence-electron chi connectivity index (χ1n) is 6.38. The Morgan fingerprint density at radius 2 is 2.00 bits per heavy atom. The summed E-state index contributed by atoms with van der Waals surface area (Å²) < 4.78 is 26.9. The van der Waals surface area contributed by atoms with E-state index < -0.39 is 28.0 Å². The number of aliphatic carboxylic acids is 1. The smallest absolute Gasteiger partial charge is 0.307 e. The quantitative estimate of drug-likeness (QED) is 0.714. The fourth-order valence-electron chi connectivity index (χ4n) is 2.22. The molecule has 1 saturated heterocycles. The average molecular weight is 309 g/mol. The fraction of sp³-hybridized carbons (Fsp3) is 0.385. The van der Waals surface area contributed by atoms with Crippen molar-refractivity contribution in [3.8, 4) is 6.07 Å². The Balaban J connectivity index is 2.09. The third-order valence-electron chi connectivity index (χ3n) is 3.32. The van der Waals surface area contributed by atoms with Crippen LogP contribution in [0.25, 0.3) is 0 Å². The van der Waals surface area contributed by atoms with E-state index in [1.54, 1.807) is 0 Å². The minimum absolute atomic E-state index is 0.0546. The molecular weight excluding hydrogens is 294 g/mol. The molecule has 7 nitrogen and oxygen atoms in total. The van der Waals surface area contributed by atoms with Crippen LogP contribution in [-0.4, -0.2) is 38.6 Å². The van der Waals surface area contributed by atoms with E-state index in [2.05, 4.69) is 10.0 Å². The molecule has 0 aromatic heterocycles. The SMILES string of the molecule is N#Cc1ccc(S(=O)(=O)NC2CNCC(C(=O)O)C2)cc1. The Morgan fingerprint density at radius 3 is 2.57 bits per heavy atom. The summed E-state index contributed by atoms with van der Waals surface area (Å²) >= 11 is 0. The number of hydrogen-bond donors (Lipinski definition) is 3. The Labute approximate surface area is 122 Å². The summed E-state index contributed by atoms with van der Waals surface area (Å²) in [5.74, 6) is -1.54. The third-order valence-corrected chi connectivity index (χ3v) is 4.85. The second-order valence-corrected chi connectivity index (χ2v) is 6.60. The molecule has 0 aliphatic carbocycles. The van der Waals surface area contributed by atoms with Gasteiger partial charge in [-0.2, -0.15) is 5.26 Å². The first-order chi connectivity index (χ1) is 9.92. The Bertz CT molecular complexity index is 664. The van der Waals surface area contributed by atoms with E-state index >= 15 is 0 Å². The van der Waals surface area contributed by atoms with Gasteiger partial charge in [-0.25, -0.2) is 13.1 Å². The number of carbonyl (C=O) groups is 1. The van der Waals surface area contributed by atoms with Crippen LogP contribution in [0.3, 0.4) is 0 Å². The molecule has 1 heterocycles. The van der Waals surface area contributed by atoms with Crippen LogP contribution < -0.4 is 10.0 Å². The van der Waals surface area contributed by atoms with Crippen LogP contribution in [0.2, 0.25) is 0 Å². The van der Waals surface area contributed by atoms with Crippen molar-refractivity contribution >= 4 is 16.0 Å². The number of hydrogen-bond acceptors (Lipinski definition) is 5. The van der Waals surface area contributed by atoms with Crippen LogP contribution in [-0.2, 0) is 14.8 Å². The van der Waals surface area contributed by atoms with E-state index in [0.29, 0.717) is 18.7 Å². The number of piperidine rings is 1. The number of sulfonamides is 1. The van der Waals surface area contributed by atoms with E-state index in [0.717, 1.165) is 0 Å². The van der Waals surface area contributed by atoms with Crippen LogP contribution in [0, 0.1) is 17.2 Å². The first kappa shape index (κ1) is 15.4. The first-order valence-corrected chi connectivity index (χ1v) is 7.86.